The van der Waals surface area contributed by atoms with Crippen molar-refractivity contribution in [3.63, 3.8) is 0 Å². The minimum atomic E-state index is -3.95. The lowest BCUT2D eigenvalue weighted by Gasteiger charge is -2.27. The number of benzene rings is 2. The zero-order valence-corrected chi connectivity index (χ0v) is 21.8. The van der Waals surface area contributed by atoms with Gasteiger partial charge >= 0.3 is 0 Å². The molecule has 1 atom stereocenters. The minimum absolute atomic E-state index is 0.0275. The van der Waals surface area contributed by atoms with Crippen molar-refractivity contribution in [3.05, 3.63) is 54.1 Å². The molecule has 2 aromatic rings. The third kappa shape index (κ3) is 8.37. The van der Waals surface area contributed by atoms with Crippen LogP contribution < -0.4 is 15.4 Å². The van der Waals surface area contributed by atoms with E-state index in [4.69, 9.17) is 12.6 Å². The fraction of sp³-hybridized carbons (Fsp3) is 0.462. The Kier molecular flexibility index (Phi) is 10.2. The number of rotatable bonds is 11. The molecule has 1 aliphatic carbocycles. The molecule has 3 N–H and O–H groups in total. The SMILES string of the molecule is CC(=O)NS(=O)(=O)c1ccccc1-c1ccc(CNCCC(=O)NC[C@H](S)C2CCCCC2)cc1. The van der Waals surface area contributed by atoms with Crippen molar-refractivity contribution in [2.24, 2.45) is 5.92 Å². The summed E-state index contributed by atoms with van der Waals surface area (Å²) in [5.74, 6) is -0.00443. The molecule has 3 rings (SSSR count). The Morgan fingerprint density at radius 1 is 1.03 bits per heavy atom. The molecule has 7 nitrogen and oxygen atoms in total. The molecule has 1 fully saturated rings. The zero-order valence-electron chi connectivity index (χ0n) is 20.1. The van der Waals surface area contributed by atoms with Crippen LogP contribution in [0.2, 0.25) is 0 Å². The smallest absolute Gasteiger partial charge is 0.264 e. The van der Waals surface area contributed by atoms with Gasteiger partial charge in [-0.3, -0.25) is 9.59 Å². The molecule has 0 unspecified atom stereocenters. The number of carbonyl (C=O) groups excluding carboxylic acids is 2. The summed E-state index contributed by atoms with van der Waals surface area (Å²) in [7, 11) is -3.95. The molecule has 0 spiro atoms. The van der Waals surface area contributed by atoms with Crippen molar-refractivity contribution in [3.8, 4) is 11.1 Å². The first-order chi connectivity index (χ1) is 16.8. The lowest BCUT2D eigenvalue weighted by atomic mass is 9.86. The van der Waals surface area contributed by atoms with Gasteiger partial charge in [0.05, 0.1) is 4.90 Å². The summed E-state index contributed by atoms with van der Waals surface area (Å²) in [6, 6.07) is 14.1. The molecule has 1 aliphatic rings. The normalized spacial score (nSPS) is 15.4. The quantitative estimate of drug-likeness (QED) is 0.269. The topological polar surface area (TPSA) is 104 Å². The number of amides is 2. The van der Waals surface area contributed by atoms with E-state index in [1.807, 2.05) is 29.0 Å². The van der Waals surface area contributed by atoms with Gasteiger partial charge in [0.2, 0.25) is 11.8 Å². The highest BCUT2D eigenvalue weighted by molar-refractivity contribution is 7.90. The fourth-order valence-corrected chi connectivity index (χ4v) is 6.02. The molecule has 9 heteroatoms. The number of sulfonamides is 1. The number of thiol groups is 1. The average Bonchev–Trinajstić information content (AvgIpc) is 2.85. The first kappa shape index (κ1) is 27.2. The predicted octanol–water partition coefficient (Wildman–Crippen LogP) is 3.65. The number of hydrogen-bond donors (Lipinski definition) is 4. The first-order valence-corrected chi connectivity index (χ1v) is 14.1. The maximum absolute atomic E-state index is 12.5. The molecule has 0 aliphatic heterocycles. The third-order valence-corrected chi connectivity index (χ3v) is 8.38. The van der Waals surface area contributed by atoms with E-state index in [0.717, 1.165) is 11.1 Å². The van der Waals surface area contributed by atoms with Crippen LogP contribution in [0.1, 0.15) is 51.0 Å². The Morgan fingerprint density at radius 3 is 2.40 bits per heavy atom. The van der Waals surface area contributed by atoms with E-state index in [2.05, 4.69) is 10.6 Å². The Balaban J connectivity index is 1.46. The van der Waals surface area contributed by atoms with Gasteiger partial charge in [-0.2, -0.15) is 12.6 Å². The number of carbonyl (C=O) groups is 2. The Hall–Kier alpha value is -2.36. The summed E-state index contributed by atoms with van der Waals surface area (Å²) < 4.78 is 27.1. The van der Waals surface area contributed by atoms with Gasteiger partial charge in [-0.25, -0.2) is 13.1 Å². The van der Waals surface area contributed by atoms with Crippen molar-refractivity contribution in [1.82, 2.24) is 15.4 Å². The van der Waals surface area contributed by atoms with E-state index < -0.39 is 15.9 Å². The van der Waals surface area contributed by atoms with E-state index in [1.54, 1.807) is 18.2 Å². The molecule has 0 aromatic heterocycles. The van der Waals surface area contributed by atoms with E-state index in [0.29, 0.717) is 37.5 Å². The lowest BCUT2D eigenvalue weighted by Crippen LogP contribution is -2.35. The van der Waals surface area contributed by atoms with Gasteiger partial charge in [-0.05, 0) is 36.0 Å². The van der Waals surface area contributed by atoms with Crippen LogP contribution in [0.25, 0.3) is 11.1 Å². The van der Waals surface area contributed by atoms with Crippen molar-refractivity contribution in [2.45, 2.75) is 62.1 Å². The summed E-state index contributed by atoms with van der Waals surface area (Å²) in [5, 5.41) is 6.51. The van der Waals surface area contributed by atoms with Gasteiger partial charge in [-0.15, -0.1) is 0 Å². The summed E-state index contributed by atoms with van der Waals surface area (Å²) in [5.41, 5.74) is 2.27. The van der Waals surface area contributed by atoms with Crippen LogP contribution in [0.15, 0.2) is 53.4 Å². The molecule has 2 aromatic carbocycles. The average molecular weight is 518 g/mol. The molecule has 0 bridgehead atoms. The molecular weight excluding hydrogens is 482 g/mol. The van der Waals surface area contributed by atoms with Crippen LogP contribution in [0.4, 0.5) is 0 Å². The summed E-state index contributed by atoms with van der Waals surface area (Å²) in [4.78, 5) is 23.5. The molecule has 0 radical (unpaired) electrons. The fourth-order valence-electron chi connectivity index (χ4n) is 4.41. The maximum Gasteiger partial charge on any atom is 0.264 e. The first-order valence-electron chi connectivity index (χ1n) is 12.1. The van der Waals surface area contributed by atoms with Crippen LogP contribution >= 0.6 is 12.6 Å². The van der Waals surface area contributed by atoms with Crippen LogP contribution in [0.3, 0.4) is 0 Å². The molecule has 0 saturated heterocycles. The zero-order chi connectivity index (χ0) is 25.3. The van der Waals surface area contributed by atoms with Crippen molar-refractivity contribution < 1.29 is 18.0 Å². The predicted molar refractivity (Wildman–Crippen MR) is 142 cm³/mol. The molecule has 190 valence electrons. The summed E-state index contributed by atoms with van der Waals surface area (Å²) in [6.07, 6.45) is 6.66. The molecule has 0 heterocycles. The van der Waals surface area contributed by atoms with Gasteiger partial charge < -0.3 is 10.6 Å². The van der Waals surface area contributed by atoms with E-state index in [-0.39, 0.29) is 16.1 Å². The highest BCUT2D eigenvalue weighted by Crippen LogP contribution is 2.29. The molecular formula is C26H35N3O4S2. The maximum atomic E-state index is 12.5. The monoisotopic (exact) mass is 517 g/mol. The van der Waals surface area contributed by atoms with Crippen molar-refractivity contribution in [1.29, 1.82) is 0 Å². The largest absolute Gasteiger partial charge is 0.355 e. The van der Waals surface area contributed by atoms with Gasteiger partial charge in [0.1, 0.15) is 0 Å². The van der Waals surface area contributed by atoms with Gasteiger partial charge in [0.25, 0.3) is 10.0 Å². The van der Waals surface area contributed by atoms with E-state index in [9.17, 15) is 18.0 Å². The van der Waals surface area contributed by atoms with E-state index >= 15 is 0 Å². The second kappa shape index (κ2) is 13.1. The van der Waals surface area contributed by atoms with Crippen LogP contribution in [0, 0.1) is 5.92 Å². The van der Waals surface area contributed by atoms with Crippen LogP contribution in [-0.4, -0.2) is 38.6 Å². The Labute approximate surface area is 213 Å². The Bertz CT molecular complexity index is 1100. The van der Waals surface area contributed by atoms with Crippen LogP contribution in [0.5, 0.6) is 0 Å². The standard InChI is InChI=1S/C26H35N3O4S2/c1-19(30)29-35(32,33)25-10-6-5-9-23(25)21-13-11-20(12-14-21)17-27-16-15-26(31)28-18-24(34)22-7-3-2-4-8-22/h5-6,9-14,22,24,27,34H,2-4,7-8,15-18H2,1H3,(H,28,31)(H,29,30)/t24-/m0/s1. The highest BCUT2D eigenvalue weighted by Gasteiger charge is 2.21. The van der Waals surface area contributed by atoms with Crippen molar-refractivity contribution in [2.75, 3.05) is 13.1 Å². The van der Waals surface area contributed by atoms with Gasteiger partial charge in [-0.1, -0.05) is 61.7 Å². The second-order valence-electron chi connectivity index (χ2n) is 9.05. The van der Waals surface area contributed by atoms with E-state index in [1.165, 1.54) is 45.1 Å². The van der Waals surface area contributed by atoms with Crippen molar-refractivity contribution >= 4 is 34.5 Å². The van der Waals surface area contributed by atoms with Crippen LogP contribution in [-0.2, 0) is 26.2 Å². The highest BCUT2D eigenvalue weighted by atomic mass is 32.2. The molecule has 1 saturated carbocycles. The summed E-state index contributed by atoms with van der Waals surface area (Å²) in [6.45, 7) is 2.94. The minimum Gasteiger partial charge on any atom is -0.355 e. The molecule has 35 heavy (non-hydrogen) atoms. The number of nitrogens with one attached hydrogen (secondary N) is 3. The summed E-state index contributed by atoms with van der Waals surface area (Å²) >= 11 is 4.69. The second-order valence-corrected chi connectivity index (χ2v) is 11.4. The van der Waals surface area contributed by atoms with Gasteiger partial charge in [0, 0.05) is 43.8 Å². The molecule has 2 amide bonds. The third-order valence-electron chi connectivity index (χ3n) is 6.28. The Morgan fingerprint density at radius 2 is 1.71 bits per heavy atom. The number of hydrogen-bond acceptors (Lipinski definition) is 6. The lowest BCUT2D eigenvalue weighted by molar-refractivity contribution is -0.121. The van der Waals surface area contributed by atoms with Gasteiger partial charge in [0.15, 0.2) is 0 Å².